The number of thiazole rings is 1. The predicted octanol–water partition coefficient (Wildman–Crippen LogP) is 2.11. The minimum absolute atomic E-state index is 0.0921. The molecule has 2 heterocycles. The molecule has 0 amide bonds. The lowest BCUT2D eigenvalue weighted by Gasteiger charge is -2.08. The summed E-state index contributed by atoms with van der Waals surface area (Å²) >= 11 is 3.30. The van der Waals surface area contributed by atoms with Crippen LogP contribution in [0, 0.1) is 6.92 Å². The molecule has 0 aliphatic carbocycles. The number of rotatable bonds is 2. The third-order valence-electron chi connectivity index (χ3n) is 1.99. The molecule has 1 fully saturated rings. The number of aromatic nitrogens is 1. The van der Waals surface area contributed by atoms with Crippen molar-refractivity contribution in [1.82, 2.24) is 4.98 Å². The lowest BCUT2D eigenvalue weighted by Crippen LogP contribution is -2.17. The van der Waals surface area contributed by atoms with Gasteiger partial charge in [0.05, 0.1) is 5.01 Å². The number of carbonyl (C=O) groups excluding carboxylic acids is 1. The van der Waals surface area contributed by atoms with E-state index >= 15 is 0 Å². The van der Waals surface area contributed by atoms with Gasteiger partial charge in [0, 0.05) is 11.1 Å². The minimum Gasteiger partial charge on any atom is -0.457 e. The molecular formula is C9H11NO2S2. The van der Waals surface area contributed by atoms with Gasteiger partial charge in [-0.15, -0.1) is 11.3 Å². The van der Waals surface area contributed by atoms with Gasteiger partial charge in [0.25, 0.3) is 0 Å². The largest absolute Gasteiger partial charge is 0.457 e. The maximum absolute atomic E-state index is 11.5. The van der Waals surface area contributed by atoms with Gasteiger partial charge in [-0.25, -0.2) is 9.78 Å². The number of hydrogen-bond donors (Lipinski definition) is 0. The molecule has 2 rings (SSSR count). The molecule has 14 heavy (non-hydrogen) atoms. The van der Waals surface area contributed by atoms with Crippen molar-refractivity contribution in [2.24, 2.45) is 0 Å². The van der Waals surface area contributed by atoms with Crippen LogP contribution in [0.25, 0.3) is 0 Å². The van der Waals surface area contributed by atoms with Crippen LogP contribution in [0.3, 0.4) is 0 Å². The molecule has 0 saturated carbocycles. The maximum atomic E-state index is 11.5. The molecule has 0 aromatic carbocycles. The van der Waals surface area contributed by atoms with E-state index in [-0.39, 0.29) is 12.1 Å². The molecule has 0 spiro atoms. The molecule has 1 atom stereocenters. The average Bonchev–Trinajstić information content (AvgIpc) is 2.75. The van der Waals surface area contributed by atoms with Crippen molar-refractivity contribution in [1.29, 1.82) is 0 Å². The maximum Gasteiger partial charge on any atom is 0.358 e. The molecule has 0 radical (unpaired) electrons. The van der Waals surface area contributed by atoms with E-state index < -0.39 is 0 Å². The van der Waals surface area contributed by atoms with Gasteiger partial charge in [0.15, 0.2) is 5.69 Å². The summed E-state index contributed by atoms with van der Waals surface area (Å²) in [6, 6.07) is 0. The van der Waals surface area contributed by atoms with Crippen LogP contribution in [0.15, 0.2) is 5.38 Å². The SMILES string of the molecule is Cc1nc(C(=O)OC2CCSC2)cs1. The second-order valence-corrected chi connectivity index (χ2v) is 5.35. The standard InChI is InChI=1S/C9H11NO2S2/c1-6-10-8(5-14-6)9(11)12-7-2-3-13-4-7/h5,7H,2-4H2,1H3. The number of aryl methyl sites for hydroxylation is 1. The highest BCUT2D eigenvalue weighted by molar-refractivity contribution is 7.99. The monoisotopic (exact) mass is 229 g/mol. The lowest BCUT2D eigenvalue weighted by molar-refractivity contribution is 0.0350. The zero-order chi connectivity index (χ0) is 9.97. The first kappa shape index (κ1) is 9.98. The highest BCUT2D eigenvalue weighted by Gasteiger charge is 2.21. The third kappa shape index (κ3) is 2.27. The summed E-state index contributed by atoms with van der Waals surface area (Å²) in [5.41, 5.74) is 0.449. The quantitative estimate of drug-likeness (QED) is 0.728. The van der Waals surface area contributed by atoms with Crippen LogP contribution in [0.2, 0.25) is 0 Å². The summed E-state index contributed by atoms with van der Waals surface area (Å²) in [7, 11) is 0. The Bertz CT molecular complexity index is 331. The Hall–Kier alpha value is -0.550. The van der Waals surface area contributed by atoms with E-state index in [1.807, 2.05) is 18.7 Å². The molecule has 5 heteroatoms. The van der Waals surface area contributed by atoms with Gasteiger partial charge < -0.3 is 4.74 Å². The Morgan fingerprint density at radius 3 is 3.14 bits per heavy atom. The van der Waals surface area contributed by atoms with E-state index in [1.165, 1.54) is 11.3 Å². The molecule has 1 aliphatic heterocycles. The third-order valence-corrected chi connectivity index (χ3v) is 3.90. The van der Waals surface area contributed by atoms with Crippen LogP contribution in [0.5, 0.6) is 0 Å². The molecule has 0 N–H and O–H groups in total. The number of hydrogen-bond acceptors (Lipinski definition) is 5. The van der Waals surface area contributed by atoms with Crippen molar-refractivity contribution in [3.8, 4) is 0 Å². The molecule has 1 saturated heterocycles. The second-order valence-electron chi connectivity index (χ2n) is 3.14. The van der Waals surface area contributed by atoms with E-state index in [4.69, 9.17) is 4.74 Å². The molecule has 3 nitrogen and oxygen atoms in total. The first-order chi connectivity index (χ1) is 6.75. The van der Waals surface area contributed by atoms with Crippen LogP contribution in [0.4, 0.5) is 0 Å². The smallest absolute Gasteiger partial charge is 0.358 e. The molecular weight excluding hydrogens is 218 g/mol. The van der Waals surface area contributed by atoms with Crippen LogP contribution in [0.1, 0.15) is 21.9 Å². The molecule has 1 aromatic heterocycles. The molecule has 1 aromatic rings. The first-order valence-electron chi connectivity index (χ1n) is 4.46. The fourth-order valence-electron chi connectivity index (χ4n) is 1.27. The fraction of sp³-hybridized carbons (Fsp3) is 0.556. The van der Waals surface area contributed by atoms with Crippen LogP contribution in [-0.4, -0.2) is 28.6 Å². The summed E-state index contributed by atoms with van der Waals surface area (Å²) in [5, 5.41) is 2.65. The van der Waals surface area contributed by atoms with Gasteiger partial charge in [-0.1, -0.05) is 0 Å². The van der Waals surface area contributed by atoms with Crippen LogP contribution in [-0.2, 0) is 4.74 Å². The van der Waals surface area contributed by atoms with Gasteiger partial charge in [-0.2, -0.15) is 11.8 Å². The van der Waals surface area contributed by atoms with Gasteiger partial charge >= 0.3 is 5.97 Å². The van der Waals surface area contributed by atoms with Crippen molar-refractivity contribution in [2.45, 2.75) is 19.4 Å². The number of esters is 1. The number of ether oxygens (including phenoxy) is 1. The molecule has 76 valence electrons. The van der Waals surface area contributed by atoms with Crippen molar-refractivity contribution in [3.63, 3.8) is 0 Å². The van der Waals surface area contributed by atoms with Gasteiger partial charge in [-0.3, -0.25) is 0 Å². The van der Waals surface area contributed by atoms with Crippen LogP contribution >= 0.6 is 23.1 Å². The first-order valence-corrected chi connectivity index (χ1v) is 6.50. The van der Waals surface area contributed by atoms with Crippen LogP contribution < -0.4 is 0 Å². The van der Waals surface area contributed by atoms with Gasteiger partial charge in [-0.05, 0) is 19.1 Å². The van der Waals surface area contributed by atoms with Crippen molar-refractivity contribution >= 4 is 29.1 Å². The Balaban J connectivity index is 1.95. The van der Waals surface area contributed by atoms with Crippen molar-refractivity contribution in [3.05, 3.63) is 16.1 Å². The summed E-state index contributed by atoms with van der Waals surface area (Å²) in [6.07, 6.45) is 1.06. The van der Waals surface area contributed by atoms with Gasteiger partial charge in [0.1, 0.15) is 6.10 Å². The average molecular weight is 229 g/mol. The fourth-order valence-corrected chi connectivity index (χ4v) is 2.95. The molecule has 1 unspecified atom stereocenters. The zero-order valence-electron chi connectivity index (χ0n) is 7.86. The van der Waals surface area contributed by atoms with E-state index in [1.54, 1.807) is 5.38 Å². The van der Waals surface area contributed by atoms with Crippen molar-refractivity contribution < 1.29 is 9.53 Å². The normalized spacial score (nSPS) is 21.1. The Morgan fingerprint density at radius 2 is 2.57 bits per heavy atom. The highest BCUT2D eigenvalue weighted by atomic mass is 32.2. The molecule has 0 bridgehead atoms. The summed E-state index contributed by atoms with van der Waals surface area (Å²) in [5.74, 6) is 1.74. The summed E-state index contributed by atoms with van der Waals surface area (Å²) in [6.45, 7) is 1.88. The minimum atomic E-state index is -0.276. The van der Waals surface area contributed by atoms with E-state index in [0.717, 1.165) is 22.9 Å². The topological polar surface area (TPSA) is 39.2 Å². The number of carbonyl (C=O) groups is 1. The zero-order valence-corrected chi connectivity index (χ0v) is 9.49. The highest BCUT2D eigenvalue weighted by Crippen LogP contribution is 2.21. The Morgan fingerprint density at radius 1 is 1.71 bits per heavy atom. The molecule has 1 aliphatic rings. The lowest BCUT2D eigenvalue weighted by atomic mass is 10.3. The van der Waals surface area contributed by atoms with Gasteiger partial charge in [0.2, 0.25) is 0 Å². The van der Waals surface area contributed by atoms with Crippen molar-refractivity contribution in [2.75, 3.05) is 11.5 Å². The Kier molecular flexibility index (Phi) is 3.08. The van der Waals surface area contributed by atoms with E-state index in [2.05, 4.69) is 4.98 Å². The summed E-state index contributed by atoms with van der Waals surface area (Å²) < 4.78 is 5.30. The summed E-state index contributed by atoms with van der Waals surface area (Å²) in [4.78, 5) is 15.6. The number of thioether (sulfide) groups is 1. The van der Waals surface area contributed by atoms with E-state index in [0.29, 0.717) is 5.69 Å². The van der Waals surface area contributed by atoms with E-state index in [9.17, 15) is 4.79 Å². The Labute approximate surface area is 90.9 Å². The second kappa shape index (κ2) is 4.31. The predicted molar refractivity (Wildman–Crippen MR) is 58.0 cm³/mol. The number of nitrogens with zero attached hydrogens (tertiary/aromatic N) is 1.